The Morgan fingerprint density at radius 3 is 2.53 bits per heavy atom. The fourth-order valence-corrected chi connectivity index (χ4v) is 1.85. The first-order valence-electron chi connectivity index (χ1n) is 5.60. The summed E-state index contributed by atoms with van der Waals surface area (Å²) in [6, 6.07) is 10.3. The lowest BCUT2D eigenvalue weighted by Gasteiger charge is -2.10. The first kappa shape index (κ1) is 13.4. The van der Waals surface area contributed by atoms with Crippen molar-refractivity contribution in [3.8, 4) is 11.5 Å². The Morgan fingerprint density at radius 1 is 1.21 bits per heavy atom. The molecule has 0 saturated heterocycles. The van der Waals surface area contributed by atoms with E-state index in [1.54, 1.807) is 12.1 Å². The van der Waals surface area contributed by atoms with Crippen molar-refractivity contribution in [3.05, 3.63) is 52.0 Å². The second-order valence-corrected chi connectivity index (χ2v) is 4.98. The minimum atomic E-state index is -0.516. The summed E-state index contributed by atoms with van der Waals surface area (Å²) in [5.74, 6) is 0.656. The van der Waals surface area contributed by atoms with Crippen molar-refractivity contribution in [2.75, 3.05) is 5.73 Å². The van der Waals surface area contributed by atoms with Crippen LogP contribution in [0.2, 0.25) is 0 Å². The van der Waals surface area contributed by atoms with Crippen LogP contribution in [0.4, 0.5) is 5.69 Å². The summed E-state index contributed by atoms with van der Waals surface area (Å²) in [4.78, 5) is 11.0. The molecule has 0 aliphatic carbocycles. The molecule has 0 aromatic heterocycles. The summed E-state index contributed by atoms with van der Waals surface area (Å²) in [6.45, 7) is 1.97. The van der Waals surface area contributed by atoms with Crippen molar-refractivity contribution in [3.63, 3.8) is 0 Å². The van der Waals surface area contributed by atoms with Crippen molar-refractivity contribution in [2.24, 2.45) is 5.73 Å². The number of benzene rings is 2. The lowest BCUT2D eigenvalue weighted by Crippen LogP contribution is -2.11. The maximum Gasteiger partial charge on any atom is 0.248 e. The zero-order valence-corrected chi connectivity index (χ0v) is 11.9. The van der Waals surface area contributed by atoms with E-state index in [0.717, 1.165) is 10.0 Å². The summed E-state index contributed by atoms with van der Waals surface area (Å²) < 4.78 is 6.69. The van der Waals surface area contributed by atoms with Gasteiger partial charge in [-0.2, -0.15) is 0 Å². The molecular weight excluding hydrogens is 308 g/mol. The van der Waals surface area contributed by atoms with Crippen molar-refractivity contribution in [1.82, 2.24) is 0 Å². The summed E-state index contributed by atoms with van der Waals surface area (Å²) in [5, 5.41) is 0. The zero-order chi connectivity index (χ0) is 14.0. The van der Waals surface area contributed by atoms with Crippen LogP contribution in [0, 0.1) is 6.92 Å². The van der Waals surface area contributed by atoms with Gasteiger partial charge >= 0.3 is 0 Å². The van der Waals surface area contributed by atoms with E-state index in [-0.39, 0.29) is 0 Å². The highest BCUT2D eigenvalue weighted by atomic mass is 79.9. The highest BCUT2D eigenvalue weighted by Gasteiger charge is 2.07. The lowest BCUT2D eigenvalue weighted by atomic mass is 10.2. The number of carbonyl (C=O) groups is 1. The zero-order valence-electron chi connectivity index (χ0n) is 10.3. The fourth-order valence-electron chi connectivity index (χ4n) is 1.60. The van der Waals surface area contributed by atoms with E-state index in [1.807, 2.05) is 25.1 Å². The molecule has 0 radical (unpaired) electrons. The molecule has 4 N–H and O–H groups in total. The molecule has 2 aromatic rings. The van der Waals surface area contributed by atoms with E-state index in [9.17, 15) is 4.79 Å². The highest BCUT2D eigenvalue weighted by Crippen LogP contribution is 2.30. The molecule has 0 saturated carbocycles. The quantitative estimate of drug-likeness (QED) is 0.852. The van der Waals surface area contributed by atoms with Gasteiger partial charge in [-0.1, -0.05) is 15.9 Å². The van der Waals surface area contributed by atoms with Crippen LogP contribution in [0.15, 0.2) is 40.9 Å². The minimum Gasteiger partial charge on any atom is -0.455 e. The Bertz CT molecular complexity index is 641. The van der Waals surface area contributed by atoms with Gasteiger partial charge < -0.3 is 16.2 Å². The number of carbonyl (C=O) groups excluding carboxylic acids is 1. The fraction of sp³-hybridized carbons (Fsp3) is 0.0714. The predicted molar refractivity (Wildman–Crippen MR) is 78.3 cm³/mol. The third-order valence-electron chi connectivity index (χ3n) is 2.65. The van der Waals surface area contributed by atoms with Gasteiger partial charge in [0.2, 0.25) is 5.91 Å². The Balaban J connectivity index is 2.28. The van der Waals surface area contributed by atoms with E-state index in [4.69, 9.17) is 16.2 Å². The van der Waals surface area contributed by atoms with Crippen LogP contribution in [-0.4, -0.2) is 5.91 Å². The summed E-state index contributed by atoms with van der Waals surface area (Å²) in [5.41, 5.74) is 12.8. The molecule has 0 bridgehead atoms. The second kappa shape index (κ2) is 5.32. The van der Waals surface area contributed by atoms with Gasteiger partial charge in [-0.15, -0.1) is 0 Å². The van der Waals surface area contributed by atoms with E-state index >= 15 is 0 Å². The van der Waals surface area contributed by atoms with E-state index < -0.39 is 5.91 Å². The van der Waals surface area contributed by atoms with Crippen LogP contribution in [0.3, 0.4) is 0 Å². The van der Waals surface area contributed by atoms with Crippen molar-refractivity contribution >= 4 is 27.5 Å². The Hall–Kier alpha value is -2.01. The molecule has 0 heterocycles. The number of anilines is 1. The standard InChI is InChI=1S/C14H13BrN2O2/c1-8-6-10(3-4-11(8)15)19-13-5-2-9(14(17)18)7-12(13)16/h2-7H,16H2,1H3,(H2,17,18). The Labute approximate surface area is 119 Å². The van der Waals surface area contributed by atoms with Crippen LogP contribution >= 0.6 is 15.9 Å². The van der Waals surface area contributed by atoms with Crippen LogP contribution < -0.4 is 16.2 Å². The van der Waals surface area contributed by atoms with Crippen LogP contribution in [-0.2, 0) is 0 Å². The van der Waals surface area contributed by atoms with Crippen LogP contribution in [0.25, 0.3) is 0 Å². The maximum atomic E-state index is 11.0. The van der Waals surface area contributed by atoms with Gasteiger partial charge in [0.1, 0.15) is 11.5 Å². The third kappa shape index (κ3) is 3.06. The summed E-state index contributed by atoms with van der Waals surface area (Å²) in [7, 11) is 0. The molecular formula is C14H13BrN2O2. The molecule has 0 atom stereocenters. The molecule has 98 valence electrons. The number of hydrogen-bond acceptors (Lipinski definition) is 3. The van der Waals surface area contributed by atoms with Crippen molar-refractivity contribution < 1.29 is 9.53 Å². The molecule has 0 spiro atoms. The SMILES string of the molecule is Cc1cc(Oc2ccc(C(N)=O)cc2N)ccc1Br. The number of rotatable bonds is 3. The Morgan fingerprint density at radius 2 is 1.95 bits per heavy atom. The number of ether oxygens (including phenoxy) is 1. The normalized spacial score (nSPS) is 10.2. The summed E-state index contributed by atoms with van der Waals surface area (Å²) >= 11 is 3.42. The van der Waals surface area contributed by atoms with Gasteiger partial charge in [0, 0.05) is 10.0 Å². The molecule has 5 heteroatoms. The number of amides is 1. The van der Waals surface area contributed by atoms with Gasteiger partial charge in [-0.25, -0.2) is 0 Å². The number of nitrogen functional groups attached to an aromatic ring is 1. The molecule has 19 heavy (non-hydrogen) atoms. The predicted octanol–water partition coefficient (Wildman–Crippen LogP) is 3.23. The van der Waals surface area contributed by atoms with Gasteiger partial charge in [-0.05, 0) is 48.9 Å². The number of primary amides is 1. The Kier molecular flexibility index (Phi) is 3.76. The number of halogens is 1. The van der Waals surface area contributed by atoms with Crippen molar-refractivity contribution in [1.29, 1.82) is 0 Å². The van der Waals surface area contributed by atoms with Gasteiger partial charge in [0.25, 0.3) is 0 Å². The highest BCUT2D eigenvalue weighted by molar-refractivity contribution is 9.10. The molecule has 0 aliphatic rings. The minimum absolute atomic E-state index is 0.358. The van der Waals surface area contributed by atoms with Gasteiger partial charge in [-0.3, -0.25) is 4.79 Å². The summed E-state index contributed by atoms with van der Waals surface area (Å²) in [6.07, 6.45) is 0. The average Bonchev–Trinajstić information content (AvgIpc) is 2.36. The van der Waals surface area contributed by atoms with Crippen molar-refractivity contribution in [2.45, 2.75) is 6.92 Å². The monoisotopic (exact) mass is 320 g/mol. The first-order chi connectivity index (χ1) is 8.97. The van der Waals surface area contributed by atoms with Gasteiger partial charge in [0.15, 0.2) is 0 Å². The number of aryl methyl sites for hydroxylation is 1. The van der Waals surface area contributed by atoms with E-state index in [2.05, 4.69) is 15.9 Å². The van der Waals surface area contributed by atoms with E-state index in [0.29, 0.717) is 22.7 Å². The average molecular weight is 321 g/mol. The van der Waals surface area contributed by atoms with Gasteiger partial charge in [0.05, 0.1) is 5.69 Å². The smallest absolute Gasteiger partial charge is 0.248 e. The third-order valence-corrected chi connectivity index (χ3v) is 3.54. The molecule has 0 aliphatic heterocycles. The molecule has 1 amide bonds. The molecule has 2 rings (SSSR count). The molecule has 2 aromatic carbocycles. The largest absolute Gasteiger partial charge is 0.455 e. The van der Waals surface area contributed by atoms with Crippen LogP contribution in [0.5, 0.6) is 11.5 Å². The van der Waals surface area contributed by atoms with Crippen LogP contribution in [0.1, 0.15) is 15.9 Å². The lowest BCUT2D eigenvalue weighted by molar-refractivity contribution is 0.100. The molecule has 0 unspecified atom stereocenters. The topological polar surface area (TPSA) is 78.3 Å². The van der Waals surface area contributed by atoms with E-state index in [1.165, 1.54) is 6.07 Å². The molecule has 0 fully saturated rings. The maximum absolute atomic E-state index is 11.0. The number of hydrogen-bond donors (Lipinski definition) is 2. The molecule has 4 nitrogen and oxygen atoms in total. The second-order valence-electron chi connectivity index (χ2n) is 4.13. The number of nitrogens with two attached hydrogens (primary N) is 2. The first-order valence-corrected chi connectivity index (χ1v) is 6.40.